The van der Waals surface area contributed by atoms with Crippen LogP contribution in [0.25, 0.3) is 0 Å². The fourth-order valence-corrected chi connectivity index (χ4v) is 1.94. The molecule has 0 bridgehead atoms. The summed E-state index contributed by atoms with van der Waals surface area (Å²) in [5.41, 5.74) is 2.06. The van der Waals surface area contributed by atoms with Gasteiger partial charge in [0.25, 0.3) is 0 Å². The average molecular weight is 293 g/mol. The molecular formula is C13H13BrN2O. The number of hydrogen-bond donors (Lipinski definition) is 2. The molecule has 0 spiro atoms. The van der Waals surface area contributed by atoms with Gasteiger partial charge in [0.1, 0.15) is 10.4 Å². The van der Waals surface area contributed by atoms with Crippen LogP contribution in [0.2, 0.25) is 0 Å². The monoisotopic (exact) mass is 292 g/mol. The number of phenolic OH excluding ortho intramolecular Hbond substituents is 1. The lowest BCUT2D eigenvalue weighted by atomic mass is 10.1. The Morgan fingerprint density at radius 1 is 1.24 bits per heavy atom. The minimum atomic E-state index is 0.149. The minimum Gasteiger partial charge on any atom is -0.508 e. The number of phenols is 1. The van der Waals surface area contributed by atoms with Crippen LogP contribution in [0.4, 0.5) is 5.69 Å². The zero-order valence-corrected chi connectivity index (χ0v) is 11.0. The molecule has 1 unspecified atom stereocenters. The number of nitrogens with zero attached hydrogens (tertiary/aromatic N) is 1. The van der Waals surface area contributed by atoms with Gasteiger partial charge in [0.2, 0.25) is 0 Å². The van der Waals surface area contributed by atoms with Crippen LogP contribution in [0.3, 0.4) is 0 Å². The van der Waals surface area contributed by atoms with E-state index < -0.39 is 0 Å². The molecule has 3 nitrogen and oxygen atoms in total. The van der Waals surface area contributed by atoms with Gasteiger partial charge in [-0.2, -0.15) is 0 Å². The van der Waals surface area contributed by atoms with E-state index in [2.05, 4.69) is 33.2 Å². The van der Waals surface area contributed by atoms with Gasteiger partial charge in [0, 0.05) is 12.2 Å². The largest absolute Gasteiger partial charge is 0.508 e. The van der Waals surface area contributed by atoms with Crippen molar-refractivity contribution in [2.45, 2.75) is 13.0 Å². The maximum Gasteiger partial charge on any atom is 0.129 e. The Labute approximate surface area is 109 Å². The Bertz CT molecular complexity index is 499. The van der Waals surface area contributed by atoms with E-state index in [1.54, 1.807) is 18.3 Å². The molecule has 0 aliphatic rings. The standard InChI is InChI=1S/C13H13BrN2O/c1-9(10-4-6-11(17)7-5-10)16-12-3-2-8-15-13(12)14/h2-9,16-17H,1H3. The van der Waals surface area contributed by atoms with Gasteiger partial charge in [0.05, 0.1) is 5.69 Å². The van der Waals surface area contributed by atoms with Crippen LogP contribution < -0.4 is 5.32 Å². The molecule has 0 radical (unpaired) electrons. The van der Waals surface area contributed by atoms with Crippen molar-refractivity contribution in [1.29, 1.82) is 0 Å². The Balaban J connectivity index is 2.14. The second kappa shape index (κ2) is 5.19. The van der Waals surface area contributed by atoms with Crippen molar-refractivity contribution in [1.82, 2.24) is 4.98 Å². The van der Waals surface area contributed by atoms with Gasteiger partial charge in [0.15, 0.2) is 0 Å². The van der Waals surface area contributed by atoms with Crippen LogP contribution >= 0.6 is 15.9 Å². The molecule has 0 saturated heterocycles. The zero-order chi connectivity index (χ0) is 12.3. The van der Waals surface area contributed by atoms with Crippen LogP contribution in [0.15, 0.2) is 47.2 Å². The lowest BCUT2D eigenvalue weighted by Crippen LogP contribution is -2.07. The number of hydrogen-bond acceptors (Lipinski definition) is 3. The van der Waals surface area contributed by atoms with Gasteiger partial charge in [-0.15, -0.1) is 0 Å². The van der Waals surface area contributed by atoms with Crippen LogP contribution in [0.5, 0.6) is 5.75 Å². The van der Waals surface area contributed by atoms with E-state index in [0.29, 0.717) is 0 Å². The first-order chi connectivity index (χ1) is 8.16. The summed E-state index contributed by atoms with van der Waals surface area (Å²) in [6.07, 6.45) is 1.74. The molecule has 4 heteroatoms. The van der Waals surface area contributed by atoms with Gasteiger partial charge in [-0.1, -0.05) is 12.1 Å². The predicted molar refractivity (Wildman–Crippen MR) is 72.1 cm³/mol. The number of rotatable bonds is 3. The highest BCUT2D eigenvalue weighted by Gasteiger charge is 2.07. The second-order valence-corrected chi connectivity index (χ2v) is 4.55. The Morgan fingerprint density at radius 3 is 2.59 bits per heavy atom. The number of anilines is 1. The molecule has 1 aromatic carbocycles. The lowest BCUT2D eigenvalue weighted by molar-refractivity contribution is 0.475. The first-order valence-electron chi connectivity index (χ1n) is 5.33. The number of halogens is 1. The number of aromatic hydroxyl groups is 1. The predicted octanol–water partition coefficient (Wildman–Crippen LogP) is 3.72. The van der Waals surface area contributed by atoms with Crippen LogP contribution in [-0.2, 0) is 0 Å². The number of benzene rings is 1. The molecule has 2 N–H and O–H groups in total. The molecule has 2 aromatic rings. The minimum absolute atomic E-state index is 0.149. The topological polar surface area (TPSA) is 45.2 Å². The quantitative estimate of drug-likeness (QED) is 0.848. The first-order valence-corrected chi connectivity index (χ1v) is 6.12. The summed E-state index contributed by atoms with van der Waals surface area (Å²) in [5, 5.41) is 12.6. The van der Waals surface area contributed by atoms with Crippen molar-refractivity contribution in [3.05, 3.63) is 52.8 Å². The molecule has 1 aromatic heterocycles. The van der Waals surface area contributed by atoms with E-state index >= 15 is 0 Å². The third-order valence-electron chi connectivity index (χ3n) is 2.52. The highest BCUT2D eigenvalue weighted by Crippen LogP contribution is 2.25. The summed E-state index contributed by atoms with van der Waals surface area (Å²) >= 11 is 3.40. The van der Waals surface area contributed by atoms with Crippen molar-refractivity contribution >= 4 is 21.6 Å². The van der Waals surface area contributed by atoms with Gasteiger partial charge in [-0.25, -0.2) is 4.98 Å². The Hall–Kier alpha value is -1.55. The zero-order valence-electron chi connectivity index (χ0n) is 9.39. The van der Waals surface area contributed by atoms with Crippen molar-refractivity contribution in [2.75, 3.05) is 5.32 Å². The Morgan fingerprint density at radius 2 is 1.94 bits per heavy atom. The van der Waals surface area contributed by atoms with Gasteiger partial charge >= 0.3 is 0 Å². The molecule has 0 amide bonds. The van der Waals surface area contributed by atoms with E-state index in [-0.39, 0.29) is 11.8 Å². The van der Waals surface area contributed by atoms with Crippen LogP contribution in [0.1, 0.15) is 18.5 Å². The van der Waals surface area contributed by atoms with E-state index in [0.717, 1.165) is 15.9 Å². The molecule has 17 heavy (non-hydrogen) atoms. The van der Waals surface area contributed by atoms with E-state index in [1.165, 1.54) is 0 Å². The lowest BCUT2D eigenvalue weighted by Gasteiger charge is -2.16. The summed E-state index contributed by atoms with van der Waals surface area (Å²) < 4.78 is 0.797. The summed E-state index contributed by atoms with van der Waals surface area (Å²) in [7, 11) is 0. The maximum absolute atomic E-state index is 9.23. The SMILES string of the molecule is CC(Nc1cccnc1Br)c1ccc(O)cc1. The van der Waals surface area contributed by atoms with Crippen molar-refractivity contribution in [3.8, 4) is 5.75 Å². The summed E-state index contributed by atoms with van der Waals surface area (Å²) in [5.74, 6) is 0.281. The van der Waals surface area contributed by atoms with Crippen molar-refractivity contribution in [2.24, 2.45) is 0 Å². The summed E-state index contributed by atoms with van der Waals surface area (Å²) in [6, 6.07) is 11.2. The van der Waals surface area contributed by atoms with Crippen LogP contribution in [0, 0.1) is 0 Å². The highest BCUT2D eigenvalue weighted by atomic mass is 79.9. The third-order valence-corrected chi connectivity index (χ3v) is 3.16. The fraction of sp³-hybridized carbons (Fsp3) is 0.154. The second-order valence-electron chi connectivity index (χ2n) is 3.80. The molecule has 2 rings (SSSR count). The first kappa shape index (κ1) is 11.9. The molecule has 0 saturated carbocycles. The third kappa shape index (κ3) is 2.97. The smallest absolute Gasteiger partial charge is 0.129 e. The van der Waals surface area contributed by atoms with Gasteiger partial charge < -0.3 is 10.4 Å². The highest BCUT2D eigenvalue weighted by molar-refractivity contribution is 9.10. The molecule has 1 atom stereocenters. The van der Waals surface area contributed by atoms with E-state index in [1.807, 2.05) is 24.3 Å². The van der Waals surface area contributed by atoms with E-state index in [4.69, 9.17) is 0 Å². The molecule has 1 heterocycles. The molecule has 0 aliphatic heterocycles. The fourth-order valence-electron chi connectivity index (χ4n) is 1.57. The maximum atomic E-state index is 9.23. The summed E-state index contributed by atoms with van der Waals surface area (Å²) in [4.78, 5) is 4.15. The number of aromatic nitrogens is 1. The number of nitrogens with one attached hydrogen (secondary N) is 1. The Kier molecular flexibility index (Phi) is 3.64. The summed E-state index contributed by atoms with van der Waals surface area (Å²) in [6.45, 7) is 2.06. The normalized spacial score (nSPS) is 12.1. The van der Waals surface area contributed by atoms with Crippen molar-refractivity contribution < 1.29 is 5.11 Å². The van der Waals surface area contributed by atoms with Gasteiger partial charge in [-0.05, 0) is 52.7 Å². The number of pyridine rings is 1. The average Bonchev–Trinajstić information content (AvgIpc) is 2.33. The molecule has 0 aliphatic carbocycles. The van der Waals surface area contributed by atoms with Crippen molar-refractivity contribution in [3.63, 3.8) is 0 Å². The van der Waals surface area contributed by atoms with Gasteiger partial charge in [-0.3, -0.25) is 0 Å². The molecular weight excluding hydrogens is 280 g/mol. The molecule has 88 valence electrons. The van der Waals surface area contributed by atoms with Crippen LogP contribution in [-0.4, -0.2) is 10.1 Å². The molecule has 0 fully saturated rings. The van der Waals surface area contributed by atoms with E-state index in [9.17, 15) is 5.11 Å².